The molecule has 0 heterocycles. The van der Waals surface area contributed by atoms with Gasteiger partial charge in [0.25, 0.3) is 0 Å². The van der Waals surface area contributed by atoms with Crippen molar-refractivity contribution >= 4 is 0 Å². The molecular formula is C102H126O24. The molecule has 0 unspecified atom stereocenters. The fourth-order valence-electron chi connectivity index (χ4n) is 12.7. The first-order valence-electron chi connectivity index (χ1n) is 43.6. The summed E-state index contributed by atoms with van der Waals surface area (Å²) in [6.07, 6.45) is 0. The Balaban J connectivity index is 0.914. The van der Waals surface area contributed by atoms with Gasteiger partial charge in [-0.15, -0.1) is 0 Å². The van der Waals surface area contributed by atoms with Crippen molar-refractivity contribution in [3.63, 3.8) is 0 Å². The molecule has 0 saturated heterocycles. The van der Waals surface area contributed by atoms with Crippen LogP contribution in [-0.2, 0) is 125 Å². The van der Waals surface area contributed by atoms with E-state index in [1.54, 1.807) is 0 Å². The number of rotatable bonds is 75. The zero-order chi connectivity index (χ0) is 86.8. The maximum atomic E-state index is 6.84. The van der Waals surface area contributed by atoms with Crippen LogP contribution in [0.25, 0.3) is 33.4 Å². The van der Waals surface area contributed by atoms with Gasteiger partial charge in [-0.25, -0.2) is 0 Å². The average Bonchev–Trinajstić information content (AvgIpc) is 0.762. The zero-order valence-electron chi connectivity index (χ0n) is 72.7. The second kappa shape index (κ2) is 64.9. The van der Waals surface area contributed by atoms with Gasteiger partial charge >= 0.3 is 0 Å². The van der Waals surface area contributed by atoms with Gasteiger partial charge in [0.05, 0.1) is 255 Å². The molecule has 0 aliphatic carbocycles. The Morgan fingerprint density at radius 2 is 0.246 bits per heavy atom. The van der Waals surface area contributed by atoms with Crippen molar-refractivity contribution in [1.29, 1.82) is 0 Å². The maximum Gasteiger partial charge on any atom is 0.130 e. The summed E-state index contributed by atoms with van der Waals surface area (Å²) < 4.78 is 148. The quantitative estimate of drug-likeness (QED) is 0.0323. The van der Waals surface area contributed by atoms with Crippen LogP contribution < -0.4 is 28.4 Å². The largest absolute Gasteiger partial charge is 0.490 e. The second-order valence-corrected chi connectivity index (χ2v) is 28.4. The van der Waals surface area contributed by atoms with Crippen LogP contribution in [-0.4, -0.2) is 238 Å². The number of hydrogen-bond donors (Lipinski definition) is 0. The first-order chi connectivity index (χ1) is 62.7. The molecule has 678 valence electrons. The fraction of sp³-hybridized carbons (Fsp3) is 0.412. The van der Waals surface area contributed by atoms with Crippen molar-refractivity contribution in [2.24, 2.45) is 0 Å². The molecule has 0 amide bonds. The monoisotopic (exact) mass is 1730 g/mol. The minimum Gasteiger partial charge on any atom is -0.490 e. The Morgan fingerprint density at radius 1 is 0.119 bits per heavy atom. The molecule has 0 aliphatic heterocycles. The Labute approximate surface area is 743 Å². The van der Waals surface area contributed by atoms with E-state index in [1.807, 2.05) is 237 Å². The smallest absolute Gasteiger partial charge is 0.130 e. The normalized spacial score (nSPS) is 11.3. The highest BCUT2D eigenvalue weighted by molar-refractivity contribution is 5.91. The van der Waals surface area contributed by atoms with Crippen molar-refractivity contribution in [2.45, 2.75) is 39.6 Å². The van der Waals surface area contributed by atoms with Crippen LogP contribution >= 0.6 is 0 Å². The Morgan fingerprint density at radius 3 is 0.389 bits per heavy atom. The molecule has 0 spiro atoms. The Hall–Kier alpha value is -9.72. The molecule has 24 heteroatoms. The van der Waals surface area contributed by atoms with Crippen molar-refractivity contribution in [2.75, 3.05) is 238 Å². The van der Waals surface area contributed by atoms with E-state index in [0.717, 1.165) is 33.4 Å². The third-order valence-electron chi connectivity index (χ3n) is 18.8. The summed E-state index contributed by atoms with van der Waals surface area (Å²) in [6.45, 7) is 15.1. The highest BCUT2D eigenvalue weighted by Crippen LogP contribution is 2.48. The van der Waals surface area contributed by atoms with Crippen LogP contribution in [0, 0.1) is 0 Å². The van der Waals surface area contributed by atoms with E-state index in [9.17, 15) is 0 Å². The first-order valence-corrected chi connectivity index (χ1v) is 43.6. The number of benzene rings is 10. The van der Waals surface area contributed by atoms with Crippen LogP contribution in [0.4, 0.5) is 0 Å². The molecule has 0 aromatic heterocycles. The molecule has 0 N–H and O–H groups in total. The number of ether oxygens (including phenoxy) is 24. The zero-order valence-corrected chi connectivity index (χ0v) is 72.7. The summed E-state index contributed by atoms with van der Waals surface area (Å²) in [6, 6.07) is 83.8. The SMILES string of the molecule is c1ccc(COCCOCCOCCOc2cccc(OCCOCCOCCOCc3ccccc3)c2-c2cc(-c3c(OCCOCCOCCOCc4ccccc4)cccc3OCCOCCOCCOCc3ccccc3)cc(-c3c(OCCOCCOCCOCc4ccccc4)cccc3OCCOCCOCCOCc3ccccc3)c2)cc1. The Bertz CT molecular complexity index is 3660. The molecule has 0 bridgehead atoms. The average molecular weight is 1740 g/mol. The van der Waals surface area contributed by atoms with Crippen LogP contribution in [0.2, 0.25) is 0 Å². The summed E-state index contributed by atoms with van der Waals surface area (Å²) >= 11 is 0. The van der Waals surface area contributed by atoms with E-state index in [-0.39, 0.29) is 79.3 Å². The first kappa shape index (κ1) is 98.5. The minimum atomic E-state index is 0.177. The molecule has 10 aromatic carbocycles. The van der Waals surface area contributed by atoms with E-state index >= 15 is 0 Å². The van der Waals surface area contributed by atoms with Gasteiger partial charge < -0.3 is 114 Å². The molecule has 0 atom stereocenters. The van der Waals surface area contributed by atoms with Crippen molar-refractivity contribution in [3.8, 4) is 67.9 Å². The highest BCUT2D eigenvalue weighted by atomic mass is 16.6. The lowest BCUT2D eigenvalue weighted by molar-refractivity contribution is 0.00567. The van der Waals surface area contributed by atoms with Gasteiger partial charge in [0.2, 0.25) is 0 Å². The summed E-state index contributed by atoms with van der Waals surface area (Å²) in [4.78, 5) is 0. The van der Waals surface area contributed by atoms with Crippen molar-refractivity contribution < 1.29 is 114 Å². The molecule has 10 rings (SSSR count). The van der Waals surface area contributed by atoms with Gasteiger partial charge in [-0.3, -0.25) is 0 Å². The molecule has 0 radical (unpaired) electrons. The van der Waals surface area contributed by atoms with E-state index in [1.165, 1.54) is 0 Å². The van der Waals surface area contributed by atoms with Crippen LogP contribution in [0.15, 0.2) is 255 Å². The van der Waals surface area contributed by atoms with Crippen LogP contribution in [0.1, 0.15) is 33.4 Å². The third-order valence-corrected chi connectivity index (χ3v) is 18.8. The highest BCUT2D eigenvalue weighted by Gasteiger charge is 2.24. The number of hydrogen-bond acceptors (Lipinski definition) is 24. The van der Waals surface area contributed by atoms with Gasteiger partial charge in [0.1, 0.15) is 74.1 Å². The molecular weight excluding hydrogens is 1610 g/mol. The fourth-order valence-corrected chi connectivity index (χ4v) is 12.7. The van der Waals surface area contributed by atoms with Crippen molar-refractivity contribution in [1.82, 2.24) is 0 Å². The molecule has 126 heavy (non-hydrogen) atoms. The molecule has 24 nitrogen and oxygen atoms in total. The summed E-state index contributed by atoms with van der Waals surface area (Å²) in [7, 11) is 0. The van der Waals surface area contributed by atoms with Crippen LogP contribution in [0.3, 0.4) is 0 Å². The lowest BCUT2D eigenvalue weighted by Crippen LogP contribution is -2.14. The van der Waals surface area contributed by atoms with E-state index in [4.69, 9.17) is 114 Å². The molecule has 10 aromatic rings. The van der Waals surface area contributed by atoms with Crippen LogP contribution in [0.5, 0.6) is 34.5 Å². The van der Waals surface area contributed by atoms with Gasteiger partial charge in [-0.2, -0.15) is 0 Å². The summed E-state index contributed by atoms with van der Waals surface area (Å²) in [5.74, 6) is 3.08. The van der Waals surface area contributed by atoms with Gasteiger partial charge in [-0.05, 0) is 105 Å². The maximum absolute atomic E-state index is 6.84. The second-order valence-electron chi connectivity index (χ2n) is 28.4. The molecule has 0 saturated carbocycles. The third kappa shape index (κ3) is 41.4. The van der Waals surface area contributed by atoms with E-state index in [2.05, 4.69) is 18.2 Å². The van der Waals surface area contributed by atoms with Gasteiger partial charge in [0.15, 0.2) is 0 Å². The standard InChI is InChI=1S/C102H126O24/c1-7-22-85(23-8-1)79-115-58-52-103-40-46-109-64-70-121-94-34-19-35-95(122-71-65-110-47-41-104-53-59-116-80-86-24-9-2-10-25-86)100(94)91-76-92(101-96(123-72-66-111-48-42-105-54-60-117-81-87-26-11-3-12-27-87)36-20-37-97(101)124-73-67-112-49-43-106-55-61-118-82-88-28-13-4-14-29-88)78-93(77-91)102-98(125-74-68-113-50-44-107-56-62-119-83-89-30-15-5-16-31-89)38-21-39-99(102)126-75-69-114-51-45-108-57-63-120-84-90-32-17-6-18-33-90/h1-39,76-78H,40-75,79-84H2. The lowest BCUT2D eigenvalue weighted by Gasteiger charge is -2.22. The molecule has 0 fully saturated rings. The predicted octanol–water partition coefficient (Wildman–Crippen LogP) is 16.5. The Kier molecular flexibility index (Phi) is 50.7. The molecule has 0 aliphatic rings. The van der Waals surface area contributed by atoms with Gasteiger partial charge in [0, 0.05) is 0 Å². The van der Waals surface area contributed by atoms with Gasteiger partial charge in [-0.1, -0.05) is 200 Å². The predicted molar refractivity (Wildman–Crippen MR) is 482 cm³/mol. The summed E-state index contributed by atoms with van der Waals surface area (Å²) in [5, 5.41) is 0. The van der Waals surface area contributed by atoms with Crippen molar-refractivity contribution in [3.05, 3.63) is 288 Å². The minimum absolute atomic E-state index is 0.177. The topological polar surface area (TPSA) is 222 Å². The van der Waals surface area contributed by atoms with E-state index in [0.29, 0.717) is 266 Å². The lowest BCUT2D eigenvalue weighted by atomic mass is 9.91. The van der Waals surface area contributed by atoms with E-state index < -0.39 is 0 Å². The summed E-state index contributed by atoms with van der Waals surface area (Å²) in [5.41, 5.74) is 10.6.